The number of anilines is 1. The minimum absolute atomic E-state index is 0.677. The van der Waals surface area contributed by atoms with Crippen LogP contribution >= 0.6 is 11.3 Å². The molecule has 3 aromatic rings. The summed E-state index contributed by atoms with van der Waals surface area (Å²) in [7, 11) is 0. The van der Waals surface area contributed by atoms with Crippen molar-refractivity contribution in [2.45, 2.75) is 6.54 Å². The second kappa shape index (κ2) is 5.73. The van der Waals surface area contributed by atoms with E-state index in [-0.39, 0.29) is 0 Å². The van der Waals surface area contributed by atoms with Gasteiger partial charge in [-0.05, 0) is 24.3 Å². The lowest BCUT2D eigenvalue weighted by molar-refractivity contribution is 0.304. The maximum atomic E-state index is 5.63. The number of ether oxygens (including phenoxy) is 1. The Hall–Kier alpha value is -2.47. The first-order chi connectivity index (χ1) is 10.9. The van der Waals surface area contributed by atoms with Gasteiger partial charge in [-0.25, -0.2) is 9.97 Å². The Balaban J connectivity index is 1.57. The Labute approximate surface area is 132 Å². The Morgan fingerprint density at radius 3 is 3.00 bits per heavy atom. The van der Waals surface area contributed by atoms with Crippen molar-refractivity contribution in [2.75, 3.05) is 18.1 Å². The highest BCUT2D eigenvalue weighted by Crippen LogP contribution is 2.30. The fourth-order valence-electron chi connectivity index (χ4n) is 2.44. The van der Waals surface area contributed by atoms with E-state index in [4.69, 9.17) is 9.72 Å². The van der Waals surface area contributed by atoms with Crippen LogP contribution in [-0.4, -0.2) is 28.1 Å². The van der Waals surface area contributed by atoms with Crippen molar-refractivity contribution in [3.63, 3.8) is 0 Å². The molecule has 6 heteroatoms. The van der Waals surface area contributed by atoms with Gasteiger partial charge in [0.1, 0.15) is 11.6 Å². The maximum absolute atomic E-state index is 5.63. The molecule has 1 aliphatic heterocycles. The predicted octanol–water partition coefficient (Wildman–Crippen LogP) is 3.00. The first kappa shape index (κ1) is 13.2. The molecular formula is C16H14N4OS. The van der Waals surface area contributed by atoms with E-state index in [2.05, 4.69) is 20.2 Å². The summed E-state index contributed by atoms with van der Waals surface area (Å²) in [6.07, 6.45) is 3.58. The number of hydrogen-bond donors (Lipinski definition) is 0. The summed E-state index contributed by atoms with van der Waals surface area (Å²) in [5.74, 6) is 1.73. The van der Waals surface area contributed by atoms with Crippen molar-refractivity contribution in [3.8, 4) is 16.5 Å². The fraction of sp³-hybridized carbons (Fsp3) is 0.188. The van der Waals surface area contributed by atoms with E-state index in [0.717, 1.165) is 41.1 Å². The lowest BCUT2D eigenvalue weighted by atomic mass is 10.3. The zero-order chi connectivity index (χ0) is 14.8. The molecule has 0 aliphatic carbocycles. The number of nitrogens with zero attached hydrogens (tertiary/aromatic N) is 4. The van der Waals surface area contributed by atoms with Crippen molar-refractivity contribution in [2.24, 2.45) is 0 Å². The summed E-state index contributed by atoms with van der Waals surface area (Å²) in [5, 5.41) is 3.03. The Bertz CT molecular complexity index is 775. The van der Waals surface area contributed by atoms with Crippen LogP contribution in [0.5, 0.6) is 5.75 Å². The number of hydrogen-bond acceptors (Lipinski definition) is 6. The highest BCUT2D eigenvalue weighted by Gasteiger charge is 2.20. The van der Waals surface area contributed by atoms with Gasteiger partial charge in [0.05, 0.1) is 24.5 Å². The van der Waals surface area contributed by atoms with Crippen molar-refractivity contribution in [1.29, 1.82) is 0 Å². The summed E-state index contributed by atoms with van der Waals surface area (Å²) in [4.78, 5) is 15.7. The van der Waals surface area contributed by atoms with Gasteiger partial charge in [0.2, 0.25) is 0 Å². The van der Waals surface area contributed by atoms with Crippen LogP contribution in [0.4, 0.5) is 5.82 Å². The summed E-state index contributed by atoms with van der Waals surface area (Å²) < 4.78 is 5.63. The number of thiazole rings is 1. The van der Waals surface area contributed by atoms with Gasteiger partial charge in [-0.3, -0.25) is 4.98 Å². The molecule has 1 aliphatic rings. The smallest absolute Gasteiger partial charge is 0.171 e. The van der Waals surface area contributed by atoms with Crippen molar-refractivity contribution >= 4 is 17.2 Å². The quantitative estimate of drug-likeness (QED) is 0.744. The molecule has 22 heavy (non-hydrogen) atoms. The molecule has 4 heterocycles. The van der Waals surface area contributed by atoms with E-state index >= 15 is 0 Å². The third-order valence-corrected chi connectivity index (χ3v) is 4.37. The molecule has 110 valence electrons. The third-order valence-electron chi connectivity index (χ3n) is 3.46. The number of rotatable bonds is 3. The van der Waals surface area contributed by atoms with E-state index < -0.39 is 0 Å². The highest BCUT2D eigenvalue weighted by molar-refractivity contribution is 7.13. The minimum Gasteiger partial charge on any atom is -0.488 e. The first-order valence-corrected chi connectivity index (χ1v) is 7.97. The molecule has 0 saturated heterocycles. The van der Waals surface area contributed by atoms with Gasteiger partial charge in [-0.2, -0.15) is 0 Å². The van der Waals surface area contributed by atoms with Gasteiger partial charge >= 0.3 is 0 Å². The van der Waals surface area contributed by atoms with Crippen LogP contribution in [0, 0.1) is 0 Å². The fourth-order valence-corrected chi connectivity index (χ4v) is 3.23. The van der Waals surface area contributed by atoms with Crippen LogP contribution in [0.3, 0.4) is 0 Å². The van der Waals surface area contributed by atoms with Gasteiger partial charge in [0.15, 0.2) is 11.6 Å². The molecule has 0 unspecified atom stereocenters. The van der Waals surface area contributed by atoms with E-state index in [0.29, 0.717) is 6.61 Å². The molecule has 0 spiro atoms. The molecule has 5 nitrogen and oxygen atoms in total. The van der Waals surface area contributed by atoms with E-state index in [9.17, 15) is 0 Å². The van der Waals surface area contributed by atoms with Gasteiger partial charge in [0, 0.05) is 17.8 Å². The van der Waals surface area contributed by atoms with Gasteiger partial charge < -0.3 is 9.64 Å². The molecule has 0 fully saturated rings. The standard InChI is InChI=1S/C16H14N4OS/c1-2-6-17-13(4-1)16-19-12(11-22-16)10-20-8-9-21-14-5-3-7-18-15(14)20/h1-7,11H,8-10H2. The van der Waals surface area contributed by atoms with Crippen molar-refractivity contribution in [1.82, 2.24) is 15.0 Å². The highest BCUT2D eigenvalue weighted by atomic mass is 32.1. The normalized spacial score (nSPS) is 13.5. The SMILES string of the molecule is c1ccc(-c2nc(CN3CCOc4cccnc43)cs2)nc1. The number of aromatic nitrogens is 3. The molecule has 0 atom stereocenters. The van der Waals surface area contributed by atoms with Crippen molar-refractivity contribution < 1.29 is 4.74 Å². The van der Waals surface area contributed by atoms with Crippen LogP contribution in [0.25, 0.3) is 10.7 Å². The summed E-state index contributed by atoms with van der Waals surface area (Å²) in [6.45, 7) is 2.23. The molecule has 0 amide bonds. The average molecular weight is 310 g/mol. The van der Waals surface area contributed by atoms with Gasteiger partial charge in [0.25, 0.3) is 0 Å². The summed E-state index contributed by atoms with van der Waals surface area (Å²) >= 11 is 1.62. The van der Waals surface area contributed by atoms with Gasteiger partial charge in [-0.15, -0.1) is 11.3 Å². The lowest BCUT2D eigenvalue weighted by Crippen LogP contribution is -2.33. The van der Waals surface area contributed by atoms with Gasteiger partial charge in [-0.1, -0.05) is 6.07 Å². The lowest BCUT2D eigenvalue weighted by Gasteiger charge is -2.29. The molecule has 0 saturated carbocycles. The Kier molecular flexibility index (Phi) is 3.44. The van der Waals surface area contributed by atoms with Crippen LogP contribution in [0.1, 0.15) is 5.69 Å². The first-order valence-electron chi connectivity index (χ1n) is 7.09. The zero-order valence-corrected chi connectivity index (χ0v) is 12.7. The van der Waals surface area contributed by atoms with Crippen molar-refractivity contribution in [3.05, 3.63) is 53.8 Å². The number of pyridine rings is 2. The monoisotopic (exact) mass is 310 g/mol. The molecule has 0 N–H and O–H groups in total. The van der Waals surface area contributed by atoms with E-state index in [1.807, 2.05) is 30.3 Å². The van der Waals surface area contributed by atoms with E-state index in [1.165, 1.54) is 0 Å². The summed E-state index contributed by atoms with van der Waals surface area (Å²) in [6, 6.07) is 9.72. The average Bonchev–Trinajstić information content (AvgIpc) is 3.05. The maximum Gasteiger partial charge on any atom is 0.171 e. The van der Waals surface area contributed by atoms with Crippen LogP contribution < -0.4 is 9.64 Å². The van der Waals surface area contributed by atoms with E-state index in [1.54, 1.807) is 23.7 Å². The molecule has 4 rings (SSSR count). The topological polar surface area (TPSA) is 51.1 Å². The predicted molar refractivity (Wildman–Crippen MR) is 86.1 cm³/mol. The minimum atomic E-state index is 0.677. The molecule has 0 bridgehead atoms. The third kappa shape index (κ3) is 2.53. The summed E-state index contributed by atoms with van der Waals surface area (Å²) in [5.41, 5.74) is 1.95. The van der Waals surface area contributed by atoms with Crippen LogP contribution in [-0.2, 0) is 6.54 Å². The largest absolute Gasteiger partial charge is 0.488 e. The molecular weight excluding hydrogens is 296 g/mol. The second-order valence-corrected chi connectivity index (χ2v) is 5.81. The molecule has 3 aromatic heterocycles. The number of fused-ring (bicyclic) bond motifs is 1. The molecule has 0 radical (unpaired) electrons. The van der Waals surface area contributed by atoms with Crippen LogP contribution in [0.2, 0.25) is 0 Å². The second-order valence-electron chi connectivity index (χ2n) is 4.95. The molecule has 0 aromatic carbocycles. The Morgan fingerprint density at radius 1 is 1.14 bits per heavy atom. The zero-order valence-electron chi connectivity index (χ0n) is 11.8. The Morgan fingerprint density at radius 2 is 2.09 bits per heavy atom. The van der Waals surface area contributed by atoms with Crippen LogP contribution in [0.15, 0.2) is 48.1 Å².